The standard InChI is InChI=1S/C14H26N6O2S.HI/c1-6-15-13(16-9-12-18-17-11(2)19(12)5)20-7-8-23(21,22)14(3,4)10-20;/h6-10H2,1-5H3,(H,15,16);1H. The highest BCUT2D eigenvalue weighted by atomic mass is 127. The molecule has 0 atom stereocenters. The summed E-state index contributed by atoms with van der Waals surface area (Å²) in [6, 6.07) is 0. The van der Waals surface area contributed by atoms with E-state index in [-0.39, 0.29) is 29.7 Å². The second-order valence-electron chi connectivity index (χ2n) is 6.39. The van der Waals surface area contributed by atoms with Crippen molar-refractivity contribution in [2.75, 3.05) is 25.4 Å². The number of sulfone groups is 1. The van der Waals surface area contributed by atoms with Crippen molar-refractivity contribution in [3.05, 3.63) is 11.6 Å². The fourth-order valence-electron chi connectivity index (χ4n) is 2.48. The van der Waals surface area contributed by atoms with Crippen molar-refractivity contribution in [2.45, 2.75) is 39.0 Å². The van der Waals surface area contributed by atoms with Gasteiger partial charge in [-0.25, -0.2) is 13.4 Å². The van der Waals surface area contributed by atoms with Crippen LogP contribution in [-0.4, -0.2) is 64.2 Å². The Hall–Kier alpha value is -0.910. The molecule has 2 heterocycles. The minimum atomic E-state index is -3.06. The molecule has 2 rings (SSSR count). The molecule has 0 saturated carbocycles. The highest BCUT2D eigenvalue weighted by Crippen LogP contribution is 2.23. The van der Waals surface area contributed by atoms with Crippen molar-refractivity contribution in [3.63, 3.8) is 0 Å². The van der Waals surface area contributed by atoms with Gasteiger partial charge in [0, 0.05) is 26.7 Å². The number of rotatable bonds is 3. The molecule has 1 aromatic heterocycles. The minimum Gasteiger partial charge on any atom is -0.357 e. The molecule has 1 aliphatic rings. The van der Waals surface area contributed by atoms with Gasteiger partial charge >= 0.3 is 0 Å². The lowest BCUT2D eigenvalue weighted by atomic mass is 10.2. The molecule has 0 spiro atoms. The number of hydrogen-bond donors (Lipinski definition) is 1. The van der Waals surface area contributed by atoms with Crippen LogP contribution in [0.2, 0.25) is 0 Å². The molecule has 24 heavy (non-hydrogen) atoms. The van der Waals surface area contributed by atoms with Crippen LogP contribution >= 0.6 is 24.0 Å². The summed E-state index contributed by atoms with van der Waals surface area (Å²) < 4.78 is 25.4. The molecule has 138 valence electrons. The first-order chi connectivity index (χ1) is 10.7. The van der Waals surface area contributed by atoms with Gasteiger partial charge in [-0.2, -0.15) is 0 Å². The summed E-state index contributed by atoms with van der Waals surface area (Å²) in [5.41, 5.74) is 0. The van der Waals surface area contributed by atoms with E-state index in [9.17, 15) is 8.42 Å². The molecule has 0 amide bonds. The number of nitrogens with zero attached hydrogens (tertiary/aromatic N) is 5. The molecule has 0 aliphatic carbocycles. The molecule has 1 N–H and O–H groups in total. The molecule has 8 nitrogen and oxygen atoms in total. The number of aryl methyl sites for hydroxylation is 1. The molecule has 0 unspecified atom stereocenters. The van der Waals surface area contributed by atoms with Gasteiger partial charge in [-0.15, -0.1) is 34.2 Å². The third kappa shape index (κ3) is 4.38. The predicted molar refractivity (Wildman–Crippen MR) is 105 cm³/mol. The van der Waals surface area contributed by atoms with E-state index in [1.54, 1.807) is 13.8 Å². The van der Waals surface area contributed by atoms with Crippen LogP contribution < -0.4 is 5.32 Å². The van der Waals surface area contributed by atoms with Gasteiger partial charge in [-0.3, -0.25) is 0 Å². The lowest BCUT2D eigenvalue weighted by molar-refractivity contribution is 0.353. The van der Waals surface area contributed by atoms with Crippen molar-refractivity contribution in [1.82, 2.24) is 25.0 Å². The Labute approximate surface area is 161 Å². The number of nitrogens with one attached hydrogen (secondary N) is 1. The lowest BCUT2D eigenvalue weighted by Gasteiger charge is -2.39. The van der Waals surface area contributed by atoms with Crippen molar-refractivity contribution < 1.29 is 8.42 Å². The number of hydrogen-bond acceptors (Lipinski definition) is 5. The first kappa shape index (κ1) is 21.1. The average Bonchev–Trinajstić information content (AvgIpc) is 2.78. The van der Waals surface area contributed by atoms with Gasteiger partial charge in [0.1, 0.15) is 12.4 Å². The summed E-state index contributed by atoms with van der Waals surface area (Å²) in [6.45, 7) is 9.43. The van der Waals surface area contributed by atoms with Crippen LogP contribution in [0.15, 0.2) is 4.99 Å². The van der Waals surface area contributed by atoms with Crippen LogP contribution in [0.3, 0.4) is 0 Å². The lowest BCUT2D eigenvalue weighted by Crippen LogP contribution is -2.57. The Kier molecular flexibility index (Phi) is 7.03. The molecule has 0 radical (unpaired) electrons. The SMILES string of the molecule is CCNC(=NCc1nnc(C)n1C)N1CCS(=O)(=O)C(C)(C)C1.I. The monoisotopic (exact) mass is 470 g/mol. The van der Waals surface area contributed by atoms with Crippen LogP contribution in [0.5, 0.6) is 0 Å². The van der Waals surface area contributed by atoms with Crippen molar-refractivity contribution in [1.29, 1.82) is 0 Å². The van der Waals surface area contributed by atoms with E-state index in [1.165, 1.54) is 0 Å². The molecule has 1 aromatic rings. The zero-order valence-electron chi connectivity index (χ0n) is 14.9. The molecule has 10 heteroatoms. The van der Waals surface area contributed by atoms with E-state index in [4.69, 9.17) is 0 Å². The maximum absolute atomic E-state index is 12.1. The number of aliphatic imine (C=N–C) groups is 1. The maximum atomic E-state index is 12.1. The molecule has 1 fully saturated rings. The fourth-order valence-corrected chi connectivity index (χ4v) is 3.85. The first-order valence-corrected chi connectivity index (χ1v) is 9.43. The number of guanidine groups is 1. The second-order valence-corrected chi connectivity index (χ2v) is 9.14. The molecule has 0 aromatic carbocycles. The Morgan fingerprint density at radius 3 is 2.54 bits per heavy atom. The minimum absolute atomic E-state index is 0. The normalized spacial score (nSPS) is 19.7. The Bertz CT molecular complexity index is 698. The van der Waals surface area contributed by atoms with Gasteiger partial charge in [0.25, 0.3) is 0 Å². The second kappa shape index (κ2) is 7.98. The average molecular weight is 470 g/mol. The van der Waals surface area contributed by atoms with E-state index in [2.05, 4.69) is 20.5 Å². The Morgan fingerprint density at radius 1 is 1.38 bits per heavy atom. The Balaban J connectivity index is 0.00000288. The van der Waals surface area contributed by atoms with E-state index < -0.39 is 14.6 Å². The van der Waals surface area contributed by atoms with E-state index >= 15 is 0 Å². The highest BCUT2D eigenvalue weighted by molar-refractivity contribution is 14.0. The zero-order chi connectivity index (χ0) is 17.3. The van der Waals surface area contributed by atoms with E-state index in [0.717, 1.165) is 24.2 Å². The smallest absolute Gasteiger partial charge is 0.194 e. The quantitative estimate of drug-likeness (QED) is 0.398. The summed E-state index contributed by atoms with van der Waals surface area (Å²) in [5.74, 6) is 2.48. The zero-order valence-corrected chi connectivity index (χ0v) is 18.1. The largest absolute Gasteiger partial charge is 0.357 e. The van der Waals surface area contributed by atoms with Crippen molar-refractivity contribution >= 4 is 39.8 Å². The van der Waals surface area contributed by atoms with Crippen LogP contribution in [0, 0.1) is 6.92 Å². The molecule has 1 saturated heterocycles. The summed E-state index contributed by atoms with van der Waals surface area (Å²) in [5, 5.41) is 11.4. The van der Waals surface area contributed by atoms with Crippen molar-refractivity contribution in [3.8, 4) is 0 Å². The molecule has 0 bridgehead atoms. The third-order valence-electron chi connectivity index (χ3n) is 4.23. The van der Waals surface area contributed by atoms with Crippen LogP contribution in [0.4, 0.5) is 0 Å². The van der Waals surface area contributed by atoms with Crippen LogP contribution in [0.1, 0.15) is 32.4 Å². The van der Waals surface area contributed by atoms with E-state index in [0.29, 0.717) is 19.6 Å². The maximum Gasteiger partial charge on any atom is 0.194 e. The summed E-state index contributed by atoms with van der Waals surface area (Å²) in [4.78, 5) is 6.62. The summed E-state index contributed by atoms with van der Waals surface area (Å²) >= 11 is 0. The number of aromatic nitrogens is 3. The van der Waals surface area contributed by atoms with Crippen LogP contribution in [-0.2, 0) is 23.4 Å². The van der Waals surface area contributed by atoms with Gasteiger partial charge in [0.05, 0.1) is 10.5 Å². The first-order valence-electron chi connectivity index (χ1n) is 7.78. The van der Waals surface area contributed by atoms with Gasteiger partial charge in [-0.1, -0.05) is 0 Å². The van der Waals surface area contributed by atoms with Crippen LogP contribution in [0.25, 0.3) is 0 Å². The molecular weight excluding hydrogens is 443 g/mol. The highest BCUT2D eigenvalue weighted by Gasteiger charge is 2.40. The Morgan fingerprint density at radius 2 is 2.04 bits per heavy atom. The van der Waals surface area contributed by atoms with E-state index in [1.807, 2.05) is 30.4 Å². The van der Waals surface area contributed by atoms with Gasteiger partial charge in [0.15, 0.2) is 21.6 Å². The topological polar surface area (TPSA) is 92.5 Å². The summed E-state index contributed by atoms with van der Waals surface area (Å²) in [7, 11) is -1.16. The van der Waals surface area contributed by atoms with Gasteiger partial charge < -0.3 is 14.8 Å². The third-order valence-corrected chi connectivity index (χ3v) is 6.76. The summed E-state index contributed by atoms with van der Waals surface area (Å²) in [6.07, 6.45) is 0. The molecule has 1 aliphatic heterocycles. The predicted octanol–water partition coefficient (Wildman–Crippen LogP) is 0.716. The molecular formula is C14H27IN6O2S. The number of halogens is 1. The van der Waals surface area contributed by atoms with Gasteiger partial charge in [-0.05, 0) is 27.7 Å². The fraction of sp³-hybridized carbons (Fsp3) is 0.786. The van der Waals surface area contributed by atoms with Crippen molar-refractivity contribution in [2.24, 2.45) is 12.0 Å². The van der Waals surface area contributed by atoms with Gasteiger partial charge in [0.2, 0.25) is 0 Å².